The van der Waals surface area contributed by atoms with Gasteiger partial charge in [-0.15, -0.1) is 0 Å². The third kappa shape index (κ3) is 4.13. The number of fused-ring (bicyclic) bond motifs is 5. The molecule has 0 heterocycles. The van der Waals surface area contributed by atoms with Crippen molar-refractivity contribution in [2.45, 2.75) is 110 Å². The van der Waals surface area contributed by atoms with Gasteiger partial charge in [-0.1, -0.05) is 26.0 Å². The van der Waals surface area contributed by atoms with E-state index in [2.05, 4.69) is 65.3 Å². The average Bonchev–Trinajstić information content (AvgIpc) is 2.89. The molecule has 4 aliphatic carbocycles. The summed E-state index contributed by atoms with van der Waals surface area (Å²) in [7, 11) is -2.96. The van der Waals surface area contributed by atoms with Gasteiger partial charge in [-0.05, 0) is 119 Å². The molecule has 4 rings (SSSR count). The Kier molecular flexibility index (Phi) is 5.62. The van der Waals surface area contributed by atoms with Gasteiger partial charge in [-0.25, -0.2) is 0 Å². The first-order valence-corrected chi connectivity index (χ1v) is 19.2. The molecule has 0 spiro atoms. The molecule has 8 atom stereocenters. The summed E-state index contributed by atoms with van der Waals surface area (Å²) < 4.78 is 13.2. The van der Waals surface area contributed by atoms with Crippen molar-refractivity contribution in [3.05, 3.63) is 12.2 Å². The average molecular weight is 435 g/mol. The van der Waals surface area contributed by atoms with E-state index in [0.29, 0.717) is 23.0 Å². The molecule has 3 saturated carbocycles. The van der Waals surface area contributed by atoms with Crippen LogP contribution >= 0.6 is 0 Å². The van der Waals surface area contributed by atoms with Crippen LogP contribution in [-0.4, -0.2) is 28.8 Å². The Hall–Kier alpha value is 0.0938. The highest BCUT2D eigenvalue weighted by molar-refractivity contribution is 6.70. The predicted molar refractivity (Wildman–Crippen MR) is 128 cm³/mol. The highest BCUT2D eigenvalue weighted by atomic mass is 28.4. The summed E-state index contributed by atoms with van der Waals surface area (Å²) in [6, 6.07) is 0. The Balaban J connectivity index is 1.53. The van der Waals surface area contributed by atoms with Gasteiger partial charge in [0.2, 0.25) is 0 Å². The molecule has 0 aromatic carbocycles. The predicted octanol–water partition coefficient (Wildman–Crippen LogP) is 7.25. The van der Waals surface area contributed by atoms with Gasteiger partial charge < -0.3 is 8.85 Å². The Labute approximate surface area is 182 Å². The first-order chi connectivity index (χ1) is 13.3. The lowest BCUT2D eigenvalue weighted by molar-refractivity contribution is -0.0958. The zero-order valence-electron chi connectivity index (χ0n) is 20.4. The third-order valence-electron chi connectivity index (χ3n) is 9.06. The summed E-state index contributed by atoms with van der Waals surface area (Å²) in [6.45, 7) is 19.3. The molecule has 29 heavy (non-hydrogen) atoms. The van der Waals surface area contributed by atoms with E-state index in [1.807, 2.05) is 0 Å². The molecule has 3 unspecified atom stereocenters. The standard InChI is InChI=1S/C25H46O2Si2/c1-24-15-13-19(26-28(3,4)5)17-18(24)9-10-20-21-11-12-23(27-29(6,7)8)25(21,2)16-14-22(20)24/h13,15,18-23H,9-12,14,16-17H2,1-8H3/t18-,19-,20?,21?,22?,23-,24+,25+/m1/s1. The van der Waals surface area contributed by atoms with Crippen molar-refractivity contribution in [1.29, 1.82) is 0 Å². The molecule has 166 valence electrons. The van der Waals surface area contributed by atoms with Crippen LogP contribution in [0.4, 0.5) is 0 Å². The summed E-state index contributed by atoms with van der Waals surface area (Å²) in [5, 5.41) is 0. The fraction of sp³-hybridized carbons (Fsp3) is 0.920. The van der Waals surface area contributed by atoms with Crippen molar-refractivity contribution in [2.24, 2.45) is 34.5 Å². The van der Waals surface area contributed by atoms with Crippen molar-refractivity contribution >= 4 is 16.6 Å². The van der Waals surface area contributed by atoms with E-state index < -0.39 is 16.6 Å². The van der Waals surface area contributed by atoms with Gasteiger partial charge in [0.15, 0.2) is 16.6 Å². The number of rotatable bonds is 4. The minimum atomic E-state index is -1.48. The van der Waals surface area contributed by atoms with Gasteiger partial charge in [0.05, 0.1) is 12.2 Å². The second kappa shape index (κ2) is 7.32. The van der Waals surface area contributed by atoms with Crippen LogP contribution in [0.1, 0.15) is 58.8 Å². The maximum Gasteiger partial charge on any atom is 0.184 e. The Morgan fingerprint density at radius 3 is 2.14 bits per heavy atom. The summed E-state index contributed by atoms with van der Waals surface area (Å²) in [6.07, 6.45) is 15.5. The van der Waals surface area contributed by atoms with Gasteiger partial charge in [0.1, 0.15) is 0 Å². The second-order valence-corrected chi connectivity index (χ2v) is 22.1. The van der Waals surface area contributed by atoms with Crippen LogP contribution in [0.2, 0.25) is 39.3 Å². The second-order valence-electron chi connectivity index (χ2n) is 13.2. The van der Waals surface area contributed by atoms with Crippen LogP contribution < -0.4 is 0 Å². The number of allylic oxidation sites excluding steroid dienone is 1. The first-order valence-electron chi connectivity index (χ1n) is 12.4. The Morgan fingerprint density at radius 2 is 1.48 bits per heavy atom. The van der Waals surface area contributed by atoms with Gasteiger partial charge in [-0.2, -0.15) is 0 Å². The number of hydrogen-bond donors (Lipinski definition) is 0. The third-order valence-corrected chi connectivity index (χ3v) is 11.1. The molecule has 4 aliphatic rings. The largest absolute Gasteiger partial charge is 0.414 e. The maximum absolute atomic E-state index is 6.76. The molecule has 0 aliphatic heterocycles. The lowest BCUT2D eigenvalue weighted by Crippen LogP contribution is -2.54. The quantitative estimate of drug-likeness (QED) is 0.343. The highest BCUT2D eigenvalue weighted by Crippen LogP contribution is 2.65. The highest BCUT2D eigenvalue weighted by Gasteiger charge is 2.60. The normalized spacial score (nSPS) is 47.4. The monoisotopic (exact) mass is 434 g/mol. The van der Waals surface area contributed by atoms with Crippen molar-refractivity contribution in [3.63, 3.8) is 0 Å². The molecule has 0 bridgehead atoms. The van der Waals surface area contributed by atoms with E-state index in [-0.39, 0.29) is 0 Å². The van der Waals surface area contributed by atoms with Crippen LogP contribution in [-0.2, 0) is 8.85 Å². The van der Waals surface area contributed by atoms with E-state index in [1.165, 1.54) is 44.9 Å². The van der Waals surface area contributed by atoms with Crippen LogP contribution in [0.15, 0.2) is 12.2 Å². The summed E-state index contributed by atoms with van der Waals surface area (Å²) in [5.74, 6) is 3.47. The van der Waals surface area contributed by atoms with Crippen LogP contribution in [0.25, 0.3) is 0 Å². The number of hydrogen-bond acceptors (Lipinski definition) is 2. The fourth-order valence-electron chi connectivity index (χ4n) is 7.89. The summed E-state index contributed by atoms with van der Waals surface area (Å²) in [4.78, 5) is 0. The van der Waals surface area contributed by atoms with Crippen molar-refractivity contribution in [2.75, 3.05) is 0 Å². The molecule has 0 amide bonds. The zero-order valence-corrected chi connectivity index (χ0v) is 22.4. The van der Waals surface area contributed by atoms with E-state index in [1.54, 1.807) is 0 Å². The van der Waals surface area contributed by atoms with Gasteiger partial charge >= 0.3 is 0 Å². The lowest BCUT2D eigenvalue weighted by atomic mass is 9.46. The minimum absolute atomic E-state index is 0.367. The van der Waals surface area contributed by atoms with Crippen LogP contribution in [0.5, 0.6) is 0 Å². The molecule has 0 saturated heterocycles. The maximum atomic E-state index is 6.76. The summed E-state index contributed by atoms with van der Waals surface area (Å²) >= 11 is 0. The van der Waals surface area contributed by atoms with Crippen LogP contribution in [0, 0.1) is 34.5 Å². The zero-order chi connectivity index (χ0) is 21.2. The molecule has 0 aromatic rings. The minimum Gasteiger partial charge on any atom is -0.414 e. The van der Waals surface area contributed by atoms with E-state index in [9.17, 15) is 0 Å². The van der Waals surface area contributed by atoms with Crippen molar-refractivity contribution in [3.8, 4) is 0 Å². The molecular formula is C25H46O2Si2. The molecule has 0 radical (unpaired) electrons. The molecule has 2 nitrogen and oxygen atoms in total. The molecular weight excluding hydrogens is 388 g/mol. The smallest absolute Gasteiger partial charge is 0.184 e. The van der Waals surface area contributed by atoms with E-state index in [0.717, 1.165) is 23.7 Å². The SMILES string of the molecule is C[C@]12CCC3C(CC[C@@H]4C[C@H](O[Si](C)(C)C)C=C[C@]34C)C1CC[C@H]2O[Si](C)(C)C. The molecule has 4 heteroatoms. The topological polar surface area (TPSA) is 18.5 Å². The van der Waals surface area contributed by atoms with E-state index >= 15 is 0 Å². The van der Waals surface area contributed by atoms with Crippen molar-refractivity contribution in [1.82, 2.24) is 0 Å². The Bertz CT molecular complexity index is 648. The molecule has 0 aromatic heterocycles. The lowest BCUT2D eigenvalue weighted by Gasteiger charge is -2.59. The first kappa shape index (κ1) is 22.3. The Morgan fingerprint density at radius 1 is 0.793 bits per heavy atom. The van der Waals surface area contributed by atoms with E-state index in [4.69, 9.17) is 8.85 Å². The molecule has 0 N–H and O–H groups in total. The van der Waals surface area contributed by atoms with Crippen molar-refractivity contribution < 1.29 is 8.85 Å². The van der Waals surface area contributed by atoms with Gasteiger partial charge in [0.25, 0.3) is 0 Å². The van der Waals surface area contributed by atoms with Gasteiger partial charge in [0, 0.05) is 0 Å². The fourth-order valence-corrected chi connectivity index (χ4v) is 10.2. The van der Waals surface area contributed by atoms with Gasteiger partial charge in [-0.3, -0.25) is 0 Å². The molecule has 3 fully saturated rings. The summed E-state index contributed by atoms with van der Waals surface area (Å²) in [5.41, 5.74) is 0.813. The van der Waals surface area contributed by atoms with Crippen LogP contribution in [0.3, 0.4) is 0 Å².